The largest absolute Gasteiger partial charge is 0.395 e. The van der Waals surface area contributed by atoms with Gasteiger partial charge in [-0.25, -0.2) is 9.97 Å². The van der Waals surface area contributed by atoms with Gasteiger partial charge in [-0.2, -0.15) is 0 Å². The summed E-state index contributed by atoms with van der Waals surface area (Å²) in [6.07, 6.45) is 1.49. The summed E-state index contributed by atoms with van der Waals surface area (Å²) in [5.41, 5.74) is 18.5. The summed E-state index contributed by atoms with van der Waals surface area (Å²) in [5, 5.41) is 0. The van der Waals surface area contributed by atoms with E-state index in [1.165, 1.54) is 6.33 Å². The zero-order valence-corrected chi connectivity index (χ0v) is 6.20. The van der Waals surface area contributed by atoms with E-state index in [-0.39, 0.29) is 5.82 Å². The van der Waals surface area contributed by atoms with Crippen molar-refractivity contribution in [2.24, 2.45) is 0 Å². The zero-order chi connectivity index (χ0) is 8.72. The molecule has 2 aromatic rings. The van der Waals surface area contributed by atoms with Crippen LogP contribution in [0, 0.1) is 0 Å². The van der Waals surface area contributed by atoms with Gasteiger partial charge >= 0.3 is 0 Å². The van der Waals surface area contributed by atoms with Gasteiger partial charge in [0, 0.05) is 0 Å². The maximum atomic E-state index is 5.65. The molecule has 0 aromatic carbocycles. The SMILES string of the molecule is Nc1nc2nc[nH]c2c(N)c1N. The fourth-order valence-corrected chi connectivity index (χ4v) is 1.02. The van der Waals surface area contributed by atoms with Crippen molar-refractivity contribution < 1.29 is 0 Å². The second kappa shape index (κ2) is 2.00. The van der Waals surface area contributed by atoms with Crippen molar-refractivity contribution in [2.45, 2.75) is 0 Å². The van der Waals surface area contributed by atoms with Crippen LogP contribution >= 0.6 is 0 Å². The van der Waals surface area contributed by atoms with Gasteiger partial charge in [0.05, 0.1) is 17.7 Å². The Morgan fingerprint density at radius 2 is 1.92 bits per heavy atom. The summed E-state index contributed by atoms with van der Waals surface area (Å²) in [6, 6.07) is 0. The Morgan fingerprint density at radius 1 is 1.17 bits per heavy atom. The van der Waals surface area contributed by atoms with Crippen molar-refractivity contribution in [1.82, 2.24) is 15.0 Å². The Bertz CT molecular complexity index is 431. The van der Waals surface area contributed by atoms with E-state index in [2.05, 4.69) is 15.0 Å². The smallest absolute Gasteiger partial charge is 0.181 e. The molecule has 12 heavy (non-hydrogen) atoms. The van der Waals surface area contributed by atoms with Crippen LogP contribution in [0.15, 0.2) is 6.33 Å². The second-order valence-corrected chi connectivity index (χ2v) is 2.43. The maximum Gasteiger partial charge on any atom is 0.181 e. The van der Waals surface area contributed by atoms with E-state index >= 15 is 0 Å². The molecule has 0 saturated carbocycles. The quantitative estimate of drug-likeness (QED) is 0.426. The van der Waals surface area contributed by atoms with Gasteiger partial charge in [0.2, 0.25) is 0 Å². The molecule has 2 rings (SSSR count). The summed E-state index contributed by atoms with van der Waals surface area (Å²) in [6.45, 7) is 0. The molecule has 0 saturated heterocycles. The van der Waals surface area contributed by atoms with E-state index < -0.39 is 0 Å². The maximum absolute atomic E-state index is 5.65. The number of aromatic nitrogens is 3. The molecule has 0 aliphatic carbocycles. The molecule has 0 spiro atoms. The van der Waals surface area contributed by atoms with Crippen LogP contribution in [0.3, 0.4) is 0 Å². The fourth-order valence-electron chi connectivity index (χ4n) is 1.02. The van der Waals surface area contributed by atoms with Crippen molar-refractivity contribution in [2.75, 3.05) is 17.2 Å². The minimum Gasteiger partial charge on any atom is -0.395 e. The van der Waals surface area contributed by atoms with E-state index in [4.69, 9.17) is 17.2 Å². The van der Waals surface area contributed by atoms with Crippen molar-refractivity contribution >= 4 is 28.4 Å². The third-order valence-corrected chi connectivity index (χ3v) is 1.68. The van der Waals surface area contributed by atoms with Crippen LogP contribution in [0.2, 0.25) is 0 Å². The lowest BCUT2D eigenvalue weighted by molar-refractivity contribution is 1.31. The number of rotatable bonds is 0. The first-order valence-electron chi connectivity index (χ1n) is 3.33. The van der Waals surface area contributed by atoms with Gasteiger partial charge < -0.3 is 22.2 Å². The first-order valence-corrected chi connectivity index (χ1v) is 3.33. The highest BCUT2D eigenvalue weighted by Gasteiger charge is 2.08. The van der Waals surface area contributed by atoms with Gasteiger partial charge in [-0.05, 0) is 0 Å². The number of anilines is 3. The average molecular weight is 164 g/mol. The number of nitrogen functional groups attached to an aromatic ring is 3. The van der Waals surface area contributed by atoms with Crippen LogP contribution in [-0.2, 0) is 0 Å². The predicted molar refractivity (Wildman–Crippen MR) is 47.1 cm³/mol. The second-order valence-electron chi connectivity index (χ2n) is 2.43. The number of pyridine rings is 1. The van der Waals surface area contributed by atoms with E-state index in [0.717, 1.165) is 0 Å². The molecule has 0 atom stereocenters. The summed E-state index contributed by atoms with van der Waals surface area (Å²) in [7, 11) is 0. The van der Waals surface area contributed by atoms with E-state index in [0.29, 0.717) is 22.5 Å². The summed E-state index contributed by atoms with van der Waals surface area (Å²) >= 11 is 0. The Morgan fingerprint density at radius 3 is 2.67 bits per heavy atom. The van der Waals surface area contributed by atoms with Gasteiger partial charge in [-0.1, -0.05) is 0 Å². The van der Waals surface area contributed by atoms with Crippen molar-refractivity contribution in [3.05, 3.63) is 6.33 Å². The first kappa shape index (κ1) is 6.71. The third-order valence-electron chi connectivity index (χ3n) is 1.68. The number of nitrogens with one attached hydrogen (secondary N) is 1. The normalized spacial score (nSPS) is 10.7. The van der Waals surface area contributed by atoms with Gasteiger partial charge in [0.15, 0.2) is 11.5 Å². The number of fused-ring (bicyclic) bond motifs is 1. The monoisotopic (exact) mass is 164 g/mol. The molecule has 0 radical (unpaired) electrons. The van der Waals surface area contributed by atoms with Crippen molar-refractivity contribution in [3.8, 4) is 0 Å². The van der Waals surface area contributed by atoms with Gasteiger partial charge in [-0.15, -0.1) is 0 Å². The van der Waals surface area contributed by atoms with Crippen LogP contribution < -0.4 is 17.2 Å². The Balaban J connectivity index is 2.94. The minimum atomic E-state index is 0.215. The number of nitrogens with two attached hydrogens (primary N) is 3. The first-order chi connectivity index (χ1) is 5.70. The van der Waals surface area contributed by atoms with Crippen molar-refractivity contribution in [1.29, 1.82) is 0 Å². The highest BCUT2D eigenvalue weighted by molar-refractivity contribution is 5.95. The molecule has 2 heterocycles. The lowest BCUT2D eigenvalue weighted by atomic mass is 10.3. The fraction of sp³-hybridized carbons (Fsp3) is 0. The average Bonchev–Trinajstić information content (AvgIpc) is 2.48. The van der Waals surface area contributed by atoms with Crippen LogP contribution in [-0.4, -0.2) is 15.0 Å². The topological polar surface area (TPSA) is 120 Å². The number of hydrogen-bond acceptors (Lipinski definition) is 5. The number of H-pyrrole nitrogens is 1. The molecule has 0 fully saturated rings. The Hall–Kier alpha value is -1.98. The highest BCUT2D eigenvalue weighted by Crippen LogP contribution is 2.26. The molecule has 0 aliphatic rings. The number of aromatic amines is 1. The molecular formula is C6H8N6. The molecule has 6 heteroatoms. The summed E-state index contributed by atoms with van der Waals surface area (Å²) in [4.78, 5) is 10.6. The summed E-state index contributed by atoms with van der Waals surface area (Å²) < 4.78 is 0. The van der Waals surface area contributed by atoms with E-state index in [1.807, 2.05) is 0 Å². The van der Waals surface area contributed by atoms with Gasteiger partial charge in [0.1, 0.15) is 5.52 Å². The zero-order valence-electron chi connectivity index (χ0n) is 6.20. The number of hydrogen-bond donors (Lipinski definition) is 4. The molecule has 0 unspecified atom stereocenters. The van der Waals surface area contributed by atoms with E-state index in [1.54, 1.807) is 0 Å². The van der Waals surface area contributed by atoms with Crippen LogP contribution in [0.5, 0.6) is 0 Å². The standard InChI is InChI=1S/C6H8N6/c7-2-3(8)5(9)12-6-4(2)10-1-11-6/h1H,8H2,(H5,7,9,10,11,12). The van der Waals surface area contributed by atoms with Gasteiger partial charge in [-0.3, -0.25) is 0 Å². The molecular weight excluding hydrogens is 156 g/mol. The highest BCUT2D eigenvalue weighted by atomic mass is 15.0. The van der Waals surface area contributed by atoms with Crippen LogP contribution in [0.25, 0.3) is 11.2 Å². The summed E-state index contributed by atoms with van der Waals surface area (Å²) in [5.74, 6) is 0.215. The number of nitrogens with zero attached hydrogens (tertiary/aromatic N) is 2. The molecule has 0 amide bonds. The molecule has 62 valence electrons. The third kappa shape index (κ3) is 0.685. The van der Waals surface area contributed by atoms with Crippen LogP contribution in [0.1, 0.15) is 0 Å². The van der Waals surface area contributed by atoms with Crippen molar-refractivity contribution in [3.63, 3.8) is 0 Å². The van der Waals surface area contributed by atoms with E-state index in [9.17, 15) is 0 Å². The molecule has 0 aliphatic heterocycles. The minimum absolute atomic E-state index is 0.215. The number of imidazole rings is 1. The van der Waals surface area contributed by atoms with Gasteiger partial charge in [0.25, 0.3) is 0 Å². The molecule has 7 N–H and O–H groups in total. The Kier molecular flexibility index (Phi) is 1.12. The lowest BCUT2D eigenvalue weighted by Crippen LogP contribution is -2.03. The van der Waals surface area contributed by atoms with Crippen LogP contribution in [0.4, 0.5) is 17.2 Å². The molecule has 0 bridgehead atoms. The predicted octanol–water partition coefficient (Wildman–Crippen LogP) is -0.296. The lowest BCUT2D eigenvalue weighted by Gasteiger charge is -2.02. The Labute approximate surface area is 67.8 Å². The molecule has 6 nitrogen and oxygen atoms in total. The molecule has 2 aromatic heterocycles.